The van der Waals surface area contributed by atoms with Crippen molar-refractivity contribution in [3.05, 3.63) is 59.8 Å². The van der Waals surface area contributed by atoms with Gasteiger partial charge in [-0.15, -0.1) is 0 Å². The van der Waals surface area contributed by atoms with Gasteiger partial charge in [-0.05, 0) is 37.1 Å². The quantitative estimate of drug-likeness (QED) is 0.925. The fourth-order valence-electron chi connectivity index (χ4n) is 3.23. The number of primary amides is 1. The van der Waals surface area contributed by atoms with Crippen LogP contribution in [0.2, 0.25) is 0 Å². The lowest BCUT2D eigenvalue weighted by molar-refractivity contribution is 0.0976. The number of hydrogen-bond acceptors (Lipinski definition) is 6. The van der Waals surface area contributed by atoms with E-state index >= 15 is 0 Å². The van der Waals surface area contributed by atoms with Gasteiger partial charge in [-0.1, -0.05) is 12.1 Å². The lowest BCUT2D eigenvalue weighted by Gasteiger charge is -2.23. The number of benzene rings is 1. The van der Waals surface area contributed by atoms with Crippen LogP contribution in [0.5, 0.6) is 0 Å². The number of nitrogens with two attached hydrogens (primary N) is 1. The predicted octanol–water partition coefficient (Wildman–Crippen LogP) is 3.92. The maximum absolute atomic E-state index is 11.9. The van der Waals surface area contributed by atoms with Crippen LogP contribution in [0.15, 0.2) is 67.8 Å². The Morgan fingerprint density at radius 2 is 1.62 bits per heavy atom. The Morgan fingerprint density at radius 1 is 1.04 bits per heavy atom. The number of hydrogen-bond donors (Lipinski definition) is 1. The van der Waals surface area contributed by atoms with Crippen LogP contribution in [-0.4, -0.2) is 5.91 Å². The maximum atomic E-state index is 11.9. The molecule has 1 amide bonds. The van der Waals surface area contributed by atoms with Crippen LogP contribution < -0.4 is 5.73 Å². The Balaban J connectivity index is 2.06. The average molecular weight is 321 g/mol. The van der Waals surface area contributed by atoms with Gasteiger partial charge in [0.15, 0.2) is 5.76 Å². The molecule has 7 heteroatoms. The summed E-state index contributed by atoms with van der Waals surface area (Å²) in [5.74, 6) is -0.513. The van der Waals surface area contributed by atoms with Crippen molar-refractivity contribution in [3.8, 4) is 0 Å². The zero-order chi connectivity index (χ0) is 16.9. The number of rotatable bonds is 3. The third kappa shape index (κ3) is 1.87. The first-order valence-electron chi connectivity index (χ1n) is 7.49. The monoisotopic (exact) mass is 321 g/mol. The van der Waals surface area contributed by atoms with Crippen LogP contribution in [-0.2, 0) is 11.1 Å². The zero-order valence-corrected chi connectivity index (χ0v) is 13.2. The average Bonchev–Trinajstić information content (AvgIpc) is 3.26. The molecule has 120 valence electrons. The summed E-state index contributed by atoms with van der Waals surface area (Å²) in [4.78, 5) is 11.9. The van der Waals surface area contributed by atoms with Crippen LogP contribution in [0.3, 0.4) is 0 Å². The highest BCUT2D eigenvalue weighted by atomic mass is 16.3. The van der Waals surface area contributed by atoms with Gasteiger partial charge in [0.2, 0.25) is 0 Å². The predicted molar refractivity (Wildman–Crippen MR) is 87.4 cm³/mol. The molecule has 0 aliphatic carbocycles. The van der Waals surface area contributed by atoms with Crippen molar-refractivity contribution in [2.24, 2.45) is 26.2 Å². The molecule has 2 aliphatic heterocycles. The van der Waals surface area contributed by atoms with Gasteiger partial charge in [-0.25, -0.2) is 0 Å². The van der Waals surface area contributed by atoms with Gasteiger partial charge in [0, 0.05) is 23.2 Å². The number of carbonyl (C=O) groups excluding carboxylic acids is 1. The summed E-state index contributed by atoms with van der Waals surface area (Å²) < 4.78 is 5.50. The molecule has 2 aromatic rings. The lowest BCUT2D eigenvalue weighted by Crippen LogP contribution is -2.19. The summed E-state index contributed by atoms with van der Waals surface area (Å²) in [7, 11) is 0. The molecule has 0 spiro atoms. The molecular weight excluding hydrogens is 306 g/mol. The lowest BCUT2D eigenvalue weighted by atomic mass is 9.83. The van der Waals surface area contributed by atoms with Crippen LogP contribution in [0.25, 0.3) is 10.8 Å². The first kappa shape index (κ1) is 14.5. The summed E-state index contributed by atoms with van der Waals surface area (Å²) >= 11 is 0. The molecule has 2 N–H and O–H groups in total. The number of carbonyl (C=O) groups is 1. The van der Waals surface area contributed by atoms with E-state index in [2.05, 4.69) is 20.5 Å². The summed E-state index contributed by atoms with van der Waals surface area (Å²) in [6, 6.07) is 3.88. The van der Waals surface area contributed by atoms with Gasteiger partial charge in [-0.3, -0.25) is 4.79 Å². The number of nitrogens with zero attached hydrogens (tertiary/aromatic N) is 4. The third-order valence-electron chi connectivity index (χ3n) is 4.54. The minimum absolute atomic E-state index is 0.112. The molecule has 0 bridgehead atoms. The Morgan fingerprint density at radius 3 is 2.17 bits per heavy atom. The molecule has 1 aromatic heterocycles. The minimum atomic E-state index is -0.668. The van der Waals surface area contributed by atoms with E-state index in [0.29, 0.717) is 5.39 Å². The highest BCUT2D eigenvalue weighted by molar-refractivity contribution is 6.07. The fraction of sp³-hybridized carbons (Fsp3) is 0.235. The van der Waals surface area contributed by atoms with E-state index in [9.17, 15) is 4.79 Å². The Labute approximate surface area is 137 Å². The number of amides is 1. The summed E-state index contributed by atoms with van der Waals surface area (Å²) in [6.45, 7) is 3.87. The largest absolute Gasteiger partial charge is 0.458 e. The Bertz CT molecular complexity index is 956. The minimum Gasteiger partial charge on any atom is -0.458 e. The molecule has 1 aromatic carbocycles. The van der Waals surface area contributed by atoms with Gasteiger partial charge in [0.25, 0.3) is 5.91 Å². The molecule has 0 saturated heterocycles. The highest BCUT2D eigenvalue weighted by Gasteiger charge is 2.35. The SMILES string of the molecule is CC1(c2ccc(C3(C)C=CN=N3)c3c(C(N)=O)occ23)C=CN=N1. The molecule has 2 aliphatic rings. The molecule has 0 radical (unpaired) electrons. The van der Waals surface area contributed by atoms with E-state index in [1.54, 1.807) is 18.7 Å². The van der Waals surface area contributed by atoms with E-state index in [0.717, 1.165) is 16.5 Å². The van der Waals surface area contributed by atoms with Crippen molar-refractivity contribution < 1.29 is 9.21 Å². The smallest absolute Gasteiger partial charge is 0.285 e. The van der Waals surface area contributed by atoms with E-state index in [1.165, 1.54) is 0 Å². The molecule has 0 fully saturated rings. The molecule has 2 unspecified atom stereocenters. The standard InChI is InChI=1S/C17H15N5O2/c1-16(5-7-19-21-16)11-3-4-12(17(2)6-8-20-22-17)13-10(11)9-24-14(13)15(18)23/h3-9H,1-2H3,(H2,18,23). The topological polar surface area (TPSA) is 106 Å². The summed E-state index contributed by atoms with van der Waals surface area (Å²) in [6.07, 6.45) is 8.61. The molecule has 3 heterocycles. The molecule has 2 atom stereocenters. The number of fused-ring (bicyclic) bond motifs is 1. The van der Waals surface area contributed by atoms with Crippen molar-refractivity contribution in [3.63, 3.8) is 0 Å². The second-order valence-electron chi connectivity index (χ2n) is 6.24. The molecule has 7 nitrogen and oxygen atoms in total. The van der Waals surface area contributed by atoms with E-state index < -0.39 is 17.0 Å². The summed E-state index contributed by atoms with van der Waals surface area (Å²) in [5, 5.41) is 17.9. The van der Waals surface area contributed by atoms with Crippen LogP contribution in [0.4, 0.5) is 0 Å². The Hall–Kier alpha value is -3.09. The first-order valence-corrected chi connectivity index (χ1v) is 7.49. The molecular formula is C17H15N5O2. The van der Waals surface area contributed by atoms with E-state index in [4.69, 9.17) is 10.2 Å². The normalized spacial score (nSPS) is 27.6. The second kappa shape index (κ2) is 4.70. The number of azo groups is 2. The van der Waals surface area contributed by atoms with Gasteiger partial charge in [0.1, 0.15) is 11.1 Å². The van der Waals surface area contributed by atoms with Crippen LogP contribution in [0.1, 0.15) is 35.5 Å². The van der Waals surface area contributed by atoms with Gasteiger partial charge in [-0.2, -0.15) is 20.5 Å². The first-order chi connectivity index (χ1) is 11.4. The third-order valence-corrected chi connectivity index (χ3v) is 4.54. The van der Waals surface area contributed by atoms with Crippen LogP contribution in [0, 0.1) is 0 Å². The Kier molecular flexibility index (Phi) is 2.84. The second-order valence-corrected chi connectivity index (χ2v) is 6.24. The van der Waals surface area contributed by atoms with Gasteiger partial charge in [0.05, 0.1) is 6.26 Å². The highest BCUT2D eigenvalue weighted by Crippen LogP contribution is 2.43. The van der Waals surface area contributed by atoms with Crippen molar-refractivity contribution >= 4 is 16.7 Å². The molecule has 4 rings (SSSR count). The zero-order valence-electron chi connectivity index (χ0n) is 13.2. The fourth-order valence-corrected chi connectivity index (χ4v) is 3.23. The van der Waals surface area contributed by atoms with E-state index in [-0.39, 0.29) is 5.76 Å². The van der Waals surface area contributed by atoms with Crippen LogP contribution >= 0.6 is 0 Å². The van der Waals surface area contributed by atoms with Gasteiger partial charge >= 0.3 is 0 Å². The molecule has 24 heavy (non-hydrogen) atoms. The van der Waals surface area contributed by atoms with E-state index in [1.807, 2.05) is 38.1 Å². The van der Waals surface area contributed by atoms with Crippen molar-refractivity contribution in [2.75, 3.05) is 0 Å². The number of furan rings is 1. The summed E-state index contributed by atoms with van der Waals surface area (Å²) in [5.41, 5.74) is 5.93. The van der Waals surface area contributed by atoms with Crippen molar-refractivity contribution in [2.45, 2.75) is 24.9 Å². The van der Waals surface area contributed by atoms with Crippen molar-refractivity contribution in [1.82, 2.24) is 0 Å². The maximum Gasteiger partial charge on any atom is 0.285 e. The van der Waals surface area contributed by atoms with Crippen molar-refractivity contribution in [1.29, 1.82) is 0 Å². The molecule has 0 saturated carbocycles. The van der Waals surface area contributed by atoms with Gasteiger partial charge < -0.3 is 10.2 Å².